The third-order valence-corrected chi connectivity index (χ3v) is 4.25. The molecule has 1 atom stereocenters. The van der Waals surface area contributed by atoms with Gasteiger partial charge in [-0.05, 0) is 50.4 Å². The van der Waals surface area contributed by atoms with Crippen LogP contribution in [-0.2, 0) is 0 Å². The number of nitrogens with two attached hydrogens (primary N) is 1. The lowest BCUT2D eigenvalue weighted by Crippen LogP contribution is -2.42. The predicted octanol–water partition coefficient (Wildman–Crippen LogP) is 2.65. The molecule has 3 nitrogen and oxygen atoms in total. The number of ether oxygens (including phenoxy) is 1. The number of hydrogen-bond donors (Lipinski definition) is 2. The monoisotopic (exact) mass is 268 g/mol. The normalized spacial score (nSPS) is 24.5. The minimum Gasteiger partial charge on any atom is -0.496 e. The van der Waals surface area contributed by atoms with Crippen LogP contribution in [0.4, 0.5) is 0 Å². The van der Waals surface area contributed by atoms with Gasteiger partial charge in [-0.15, -0.1) is 0 Å². The molecule has 0 aliphatic heterocycles. The number of aryl methyl sites for hydroxylation is 1. The Morgan fingerprint density at radius 3 is 2.61 bits per heavy atom. The van der Waals surface area contributed by atoms with E-state index >= 15 is 0 Å². The zero-order valence-corrected chi connectivity index (χ0v) is 11.9. The molecule has 18 heavy (non-hydrogen) atoms. The largest absolute Gasteiger partial charge is 0.496 e. The van der Waals surface area contributed by atoms with E-state index in [0.717, 1.165) is 34.7 Å². The second-order valence-corrected chi connectivity index (χ2v) is 5.51. The quantitative estimate of drug-likeness (QED) is 0.883. The van der Waals surface area contributed by atoms with Crippen molar-refractivity contribution in [1.29, 1.82) is 0 Å². The second-order valence-electron chi connectivity index (χ2n) is 5.10. The van der Waals surface area contributed by atoms with Crippen molar-refractivity contribution < 1.29 is 4.74 Å². The highest BCUT2D eigenvalue weighted by molar-refractivity contribution is 6.31. The van der Waals surface area contributed by atoms with Crippen LogP contribution in [0.25, 0.3) is 0 Å². The lowest BCUT2D eigenvalue weighted by molar-refractivity contribution is 0.201. The van der Waals surface area contributed by atoms with E-state index in [4.69, 9.17) is 22.1 Å². The van der Waals surface area contributed by atoms with Gasteiger partial charge in [0.2, 0.25) is 0 Å². The first-order chi connectivity index (χ1) is 8.56. The Bertz CT molecular complexity index is 430. The Morgan fingerprint density at radius 1 is 1.44 bits per heavy atom. The molecule has 100 valence electrons. The summed E-state index contributed by atoms with van der Waals surface area (Å²) < 4.78 is 5.48. The maximum atomic E-state index is 6.23. The fourth-order valence-corrected chi connectivity index (χ4v) is 2.89. The molecule has 2 rings (SSSR count). The minimum atomic E-state index is 0.262. The second kappa shape index (κ2) is 5.47. The van der Waals surface area contributed by atoms with Gasteiger partial charge in [-0.25, -0.2) is 0 Å². The Hall–Kier alpha value is -0.770. The zero-order valence-electron chi connectivity index (χ0n) is 11.2. The number of halogens is 1. The van der Waals surface area contributed by atoms with Crippen molar-refractivity contribution >= 4 is 11.6 Å². The van der Waals surface area contributed by atoms with Crippen LogP contribution in [0.3, 0.4) is 0 Å². The molecule has 1 saturated carbocycles. The van der Waals surface area contributed by atoms with Gasteiger partial charge < -0.3 is 15.8 Å². The van der Waals surface area contributed by atoms with Crippen molar-refractivity contribution in [3.05, 3.63) is 28.3 Å². The molecule has 0 aromatic heterocycles. The highest BCUT2D eigenvalue weighted by Gasteiger charge is 2.34. The van der Waals surface area contributed by atoms with Gasteiger partial charge in [0.1, 0.15) is 5.75 Å². The van der Waals surface area contributed by atoms with Gasteiger partial charge in [0.25, 0.3) is 0 Å². The average molecular weight is 269 g/mol. The van der Waals surface area contributed by atoms with Crippen LogP contribution in [0.15, 0.2) is 12.1 Å². The first-order valence-electron chi connectivity index (χ1n) is 6.33. The molecule has 1 unspecified atom stereocenters. The number of rotatable bonds is 4. The third-order valence-electron chi connectivity index (χ3n) is 3.84. The van der Waals surface area contributed by atoms with Gasteiger partial charge >= 0.3 is 0 Å². The van der Waals surface area contributed by atoms with E-state index in [2.05, 4.69) is 5.32 Å². The molecule has 1 fully saturated rings. The number of hydrogen-bond acceptors (Lipinski definition) is 3. The van der Waals surface area contributed by atoms with Crippen molar-refractivity contribution in [3.63, 3.8) is 0 Å². The summed E-state index contributed by atoms with van der Waals surface area (Å²) in [5.74, 6) is 1.47. The maximum Gasteiger partial charge on any atom is 0.124 e. The van der Waals surface area contributed by atoms with Crippen LogP contribution in [-0.4, -0.2) is 20.2 Å². The van der Waals surface area contributed by atoms with Crippen molar-refractivity contribution in [2.45, 2.75) is 31.8 Å². The van der Waals surface area contributed by atoms with E-state index in [1.807, 2.05) is 26.1 Å². The minimum absolute atomic E-state index is 0.262. The molecule has 1 aliphatic carbocycles. The van der Waals surface area contributed by atoms with E-state index in [1.54, 1.807) is 7.11 Å². The summed E-state index contributed by atoms with van der Waals surface area (Å²) >= 11 is 6.23. The first kappa shape index (κ1) is 13.7. The summed E-state index contributed by atoms with van der Waals surface area (Å²) in [5.41, 5.74) is 8.05. The van der Waals surface area contributed by atoms with Crippen LogP contribution in [0, 0.1) is 12.8 Å². The van der Waals surface area contributed by atoms with Gasteiger partial charge in [0.15, 0.2) is 0 Å². The fourth-order valence-electron chi connectivity index (χ4n) is 2.72. The molecule has 0 spiro atoms. The van der Waals surface area contributed by atoms with Crippen LogP contribution < -0.4 is 15.8 Å². The SMILES string of the molecule is CNC(c1cc(Cl)c(C)cc1OC)C1CC(N)C1. The van der Waals surface area contributed by atoms with E-state index < -0.39 is 0 Å². The molecule has 0 heterocycles. The molecule has 0 amide bonds. The van der Waals surface area contributed by atoms with Gasteiger partial charge in [0.05, 0.1) is 7.11 Å². The lowest BCUT2D eigenvalue weighted by Gasteiger charge is -2.39. The Labute approximate surface area is 114 Å². The predicted molar refractivity (Wildman–Crippen MR) is 75.2 cm³/mol. The van der Waals surface area contributed by atoms with E-state index in [1.165, 1.54) is 0 Å². The van der Waals surface area contributed by atoms with Gasteiger partial charge in [-0.2, -0.15) is 0 Å². The van der Waals surface area contributed by atoms with Crippen LogP contribution in [0.1, 0.15) is 30.0 Å². The molecule has 3 N–H and O–H groups in total. The maximum absolute atomic E-state index is 6.23. The van der Waals surface area contributed by atoms with Gasteiger partial charge in [-0.3, -0.25) is 0 Å². The number of nitrogens with one attached hydrogen (secondary N) is 1. The Kier molecular flexibility index (Phi) is 4.15. The summed E-state index contributed by atoms with van der Waals surface area (Å²) in [7, 11) is 3.67. The first-order valence-corrected chi connectivity index (χ1v) is 6.71. The van der Waals surface area contributed by atoms with Crippen LogP contribution >= 0.6 is 11.6 Å². The van der Waals surface area contributed by atoms with Gasteiger partial charge in [0, 0.05) is 22.7 Å². The van der Waals surface area contributed by atoms with E-state index in [0.29, 0.717) is 12.0 Å². The highest BCUT2D eigenvalue weighted by Crippen LogP contribution is 2.41. The van der Waals surface area contributed by atoms with E-state index in [9.17, 15) is 0 Å². The summed E-state index contributed by atoms with van der Waals surface area (Å²) in [6, 6.07) is 4.62. The van der Waals surface area contributed by atoms with Crippen molar-refractivity contribution in [2.24, 2.45) is 11.7 Å². The lowest BCUT2D eigenvalue weighted by atomic mass is 9.74. The standard InChI is InChI=1S/C14H21ClN2O/c1-8-4-13(18-3)11(7-12(8)15)14(17-2)9-5-10(16)6-9/h4,7,9-10,14,17H,5-6,16H2,1-3H3. The molecular formula is C14H21ClN2O. The zero-order chi connectivity index (χ0) is 13.3. The van der Waals surface area contributed by atoms with Crippen molar-refractivity contribution in [2.75, 3.05) is 14.2 Å². The van der Waals surface area contributed by atoms with Gasteiger partial charge in [-0.1, -0.05) is 11.6 Å². The summed E-state index contributed by atoms with van der Waals surface area (Å²) in [5, 5.41) is 4.15. The summed E-state index contributed by atoms with van der Waals surface area (Å²) in [6.45, 7) is 1.99. The molecule has 0 saturated heterocycles. The number of methoxy groups -OCH3 is 1. The summed E-state index contributed by atoms with van der Waals surface area (Å²) in [6.07, 6.45) is 2.11. The topological polar surface area (TPSA) is 47.3 Å². The molecule has 1 aromatic rings. The smallest absolute Gasteiger partial charge is 0.124 e. The molecule has 4 heteroatoms. The molecule has 0 radical (unpaired) electrons. The molecule has 0 bridgehead atoms. The van der Waals surface area contributed by atoms with Crippen LogP contribution in [0.5, 0.6) is 5.75 Å². The molecular weight excluding hydrogens is 248 g/mol. The summed E-state index contributed by atoms with van der Waals surface area (Å²) in [4.78, 5) is 0. The highest BCUT2D eigenvalue weighted by atomic mass is 35.5. The van der Waals surface area contributed by atoms with Crippen LogP contribution in [0.2, 0.25) is 5.02 Å². The van der Waals surface area contributed by atoms with Crippen molar-refractivity contribution in [3.8, 4) is 5.75 Å². The van der Waals surface area contributed by atoms with Crippen molar-refractivity contribution in [1.82, 2.24) is 5.32 Å². The molecule has 1 aliphatic rings. The molecule has 1 aromatic carbocycles. The fraction of sp³-hybridized carbons (Fsp3) is 0.571. The Morgan fingerprint density at radius 2 is 2.11 bits per heavy atom. The Balaban J connectivity index is 2.32. The average Bonchev–Trinajstić information content (AvgIpc) is 2.31. The van der Waals surface area contributed by atoms with E-state index in [-0.39, 0.29) is 6.04 Å². The third kappa shape index (κ3) is 2.48. The number of benzene rings is 1.